The first-order valence-electron chi connectivity index (χ1n) is 5.48. The molecule has 1 aromatic rings. The molecular weight excluding hydrogens is 200 g/mol. The normalized spacial score (nSPS) is 11.2. The third-order valence-corrected chi connectivity index (χ3v) is 2.22. The summed E-state index contributed by atoms with van der Waals surface area (Å²) in [5, 5.41) is 2.88. The van der Waals surface area contributed by atoms with Crippen LogP contribution >= 0.6 is 0 Å². The van der Waals surface area contributed by atoms with Gasteiger partial charge in [0.1, 0.15) is 0 Å². The number of hydrogen-bond acceptors (Lipinski definition) is 2. The van der Waals surface area contributed by atoms with E-state index in [-0.39, 0.29) is 11.3 Å². The first kappa shape index (κ1) is 12.6. The van der Waals surface area contributed by atoms with Crippen molar-refractivity contribution in [3.8, 4) is 0 Å². The fourth-order valence-electron chi connectivity index (χ4n) is 1.43. The van der Waals surface area contributed by atoms with E-state index in [1.54, 1.807) is 0 Å². The molecule has 0 fully saturated rings. The van der Waals surface area contributed by atoms with Crippen molar-refractivity contribution in [2.24, 2.45) is 5.41 Å². The zero-order valence-corrected chi connectivity index (χ0v) is 10.2. The Bertz CT molecular complexity index is 366. The molecule has 0 unspecified atom stereocenters. The van der Waals surface area contributed by atoms with Crippen LogP contribution in [0.5, 0.6) is 0 Å². The summed E-state index contributed by atoms with van der Waals surface area (Å²) in [5.74, 6) is 0.0655. The van der Waals surface area contributed by atoms with Crippen LogP contribution in [0.1, 0.15) is 32.8 Å². The molecule has 0 radical (unpaired) electrons. The van der Waals surface area contributed by atoms with Crippen LogP contribution in [0.4, 0.5) is 5.69 Å². The predicted molar refractivity (Wildman–Crippen MR) is 66.8 cm³/mol. The maximum atomic E-state index is 11.6. The number of rotatable bonds is 3. The second kappa shape index (κ2) is 5.01. The molecule has 3 N–H and O–H groups in total. The van der Waals surface area contributed by atoms with Gasteiger partial charge in [-0.2, -0.15) is 0 Å². The molecule has 1 rings (SSSR count). The molecule has 3 nitrogen and oxygen atoms in total. The SMILES string of the molecule is CC(C)(C)CC(=O)NCc1ccccc1N. The van der Waals surface area contributed by atoms with Crippen molar-refractivity contribution in [3.63, 3.8) is 0 Å². The number of para-hydroxylation sites is 1. The number of nitrogen functional groups attached to an aromatic ring is 1. The van der Waals surface area contributed by atoms with Crippen molar-refractivity contribution < 1.29 is 4.79 Å². The molecule has 0 spiro atoms. The molecule has 0 aromatic heterocycles. The van der Waals surface area contributed by atoms with Gasteiger partial charge in [0.2, 0.25) is 5.91 Å². The summed E-state index contributed by atoms with van der Waals surface area (Å²) in [6, 6.07) is 7.56. The van der Waals surface area contributed by atoms with E-state index in [1.165, 1.54) is 0 Å². The van der Waals surface area contributed by atoms with E-state index in [0.29, 0.717) is 13.0 Å². The van der Waals surface area contributed by atoms with Gasteiger partial charge in [-0.1, -0.05) is 39.0 Å². The van der Waals surface area contributed by atoms with Gasteiger partial charge >= 0.3 is 0 Å². The number of nitrogens with one attached hydrogen (secondary N) is 1. The van der Waals surface area contributed by atoms with Crippen LogP contribution in [-0.4, -0.2) is 5.91 Å². The van der Waals surface area contributed by atoms with Crippen molar-refractivity contribution in [2.45, 2.75) is 33.7 Å². The highest BCUT2D eigenvalue weighted by Crippen LogP contribution is 2.18. The summed E-state index contributed by atoms with van der Waals surface area (Å²) in [5.41, 5.74) is 7.49. The Morgan fingerprint density at radius 3 is 2.50 bits per heavy atom. The molecule has 3 heteroatoms. The van der Waals surface area contributed by atoms with E-state index < -0.39 is 0 Å². The highest BCUT2D eigenvalue weighted by molar-refractivity contribution is 5.76. The van der Waals surface area contributed by atoms with Crippen molar-refractivity contribution in [2.75, 3.05) is 5.73 Å². The molecule has 88 valence electrons. The Morgan fingerprint density at radius 2 is 1.94 bits per heavy atom. The van der Waals surface area contributed by atoms with Gasteiger partial charge in [-0.15, -0.1) is 0 Å². The van der Waals surface area contributed by atoms with Crippen molar-refractivity contribution in [1.29, 1.82) is 0 Å². The highest BCUT2D eigenvalue weighted by atomic mass is 16.1. The lowest BCUT2D eigenvalue weighted by atomic mass is 9.92. The Balaban J connectivity index is 2.47. The Kier molecular flexibility index (Phi) is 3.93. The van der Waals surface area contributed by atoms with Gasteiger partial charge in [-0.25, -0.2) is 0 Å². The Labute approximate surface area is 97.0 Å². The van der Waals surface area contributed by atoms with E-state index in [0.717, 1.165) is 11.3 Å². The minimum atomic E-state index is 0.0202. The zero-order chi connectivity index (χ0) is 12.2. The van der Waals surface area contributed by atoms with Gasteiger partial charge in [0.05, 0.1) is 0 Å². The largest absolute Gasteiger partial charge is 0.398 e. The van der Waals surface area contributed by atoms with Crippen molar-refractivity contribution >= 4 is 11.6 Å². The van der Waals surface area contributed by atoms with Crippen LogP contribution in [0.2, 0.25) is 0 Å². The van der Waals surface area contributed by atoms with Crippen LogP contribution in [0.15, 0.2) is 24.3 Å². The molecule has 0 saturated carbocycles. The number of carbonyl (C=O) groups excluding carboxylic acids is 1. The molecular formula is C13H20N2O. The summed E-state index contributed by atoms with van der Waals surface area (Å²) in [7, 11) is 0. The van der Waals surface area contributed by atoms with Crippen LogP contribution < -0.4 is 11.1 Å². The Morgan fingerprint density at radius 1 is 1.31 bits per heavy atom. The number of anilines is 1. The van der Waals surface area contributed by atoms with E-state index in [1.807, 2.05) is 45.0 Å². The third-order valence-electron chi connectivity index (χ3n) is 2.22. The van der Waals surface area contributed by atoms with E-state index in [2.05, 4.69) is 5.32 Å². The van der Waals surface area contributed by atoms with Gasteiger partial charge in [0, 0.05) is 18.7 Å². The lowest BCUT2D eigenvalue weighted by Gasteiger charge is -2.17. The van der Waals surface area contributed by atoms with Gasteiger partial charge in [-0.05, 0) is 17.0 Å². The second-order valence-corrected chi connectivity index (χ2v) is 5.21. The van der Waals surface area contributed by atoms with Gasteiger partial charge < -0.3 is 11.1 Å². The predicted octanol–water partition coefficient (Wildman–Crippen LogP) is 2.32. The number of hydrogen-bond donors (Lipinski definition) is 2. The van der Waals surface area contributed by atoms with Crippen LogP contribution in [0.3, 0.4) is 0 Å². The van der Waals surface area contributed by atoms with Crippen molar-refractivity contribution in [1.82, 2.24) is 5.32 Å². The lowest BCUT2D eigenvalue weighted by Crippen LogP contribution is -2.27. The molecule has 0 saturated heterocycles. The maximum Gasteiger partial charge on any atom is 0.220 e. The lowest BCUT2D eigenvalue weighted by molar-refractivity contribution is -0.122. The summed E-state index contributed by atoms with van der Waals surface area (Å²) in [4.78, 5) is 11.6. The zero-order valence-electron chi connectivity index (χ0n) is 10.2. The Hall–Kier alpha value is -1.51. The molecule has 1 amide bonds. The molecule has 1 aromatic carbocycles. The number of nitrogens with two attached hydrogens (primary N) is 1. The van der Waals surface area contributed by atoms with Gasteiger partial charge in [0.25, 0.3) is 0 Å². The third kappa shape index (κ3) is 4.34. The summed E-state index contributed by atoms with van der Waals surface area (Å²) in [6.07, 6.45) is 0.528. The van der Waals surface area contributed by atoms with Crippen LogP contribution in [-0.2, 0) is 11.3 Å². The highest BCUT2D eigenvalue weighted by Gasteiger charge is 2.15. The van der Waals surface area contributed by atoms with E-state index in [9.17, 15) is 4.79 Å². The first-order chi connectivity index (χ1) is 7.38. The second-order valence-electron chi connectivity index (χ2n) is 5.21. The molecule has 0 aliphatic heterocycles. The monoisotopic (exact) mass is 220 g/mol. The van der Waals surface area contributed by atoms with E-state index >= 15 is 0 Å². The van der Waals surface area contributed by atoms with Crippen LogP contribution in [0.25, 0.3) is 0 Å². The minimum Gasteiger partial charge on any atom is -0.398 e. The number of carbonyl (C=O) groups is 1. The average Bonchev–Trinajstić information content (AvgIpc) is 2.14. The molecule has 0 bridgehead atoms. The quantitative estimate of drug-likeness (QED) is 0.768. The summed E-state index contributed by atoms with van der Waals surface area (Å²) in [6.45, 7) is 6.64. The number of amides is 1. The molecule has 0 aliphatic rings. The molecule has 0 heterocycles. The smallest absolute Gasteiger partial charge is 0.220 e. The molecule has 0 atom stereocenters. The summed E-state index contributed by atoms with van der Waals surface area (Å²) >= 11 is 0. The van der Waals surface area contributed by atoms with Gasteiger partial charge in [0.15, 0.2) is 0 Å². The topological polar surface area (TPSA) is 55.1 Å². The maximum absolute atomic E-state index is 11.6. The standard InChI is InChI=1S/C13H20N2O/c1-13(2,3)8-12(16)15-9-10-6-4-5-7-11(10)14/h4-7H,8-9,14H2,1-3H3,(H,15,16). The fourth-order valence-corrected chi connectivity index (χ4v) is 1.43. The first-order valence-corrected chi connectivity index (χ1v) is 5.48. The average molecular weight is 220 g/mol. The van der Waals surface area contributed by atoms with E-state index in [4.69, 9.17) is 5.73 Å². The molecule has 16 heavy (non-hydrogen) atoms. The molecule has 0 aliphatic carbocycles. The minimum absolute atomic E-state index is 0.0202. The van der Waals surface area contributed by atoms with Crippen LogP contribution in [0, 0.1) is 5.41 Å². The fraction of sp³-hybridized carbons (Fsp3) is 0.462. The van der Waals surface area contributed by atoms with Crippen molar-refractivity contribution in [3.05, 3.63) is 29.8 Å². The summed E-state index contributed by atoms with van der Waals surface area (Å²) < 4.78 is 0. The number of benzene rings is 1. The van der Waals surface area contributed by atoms with Gasteiger partial charge in [-0.3, -0.25) is 4.79 Å².